The Morgan fingerprint density at radius 2 is 1.96 bits per heavy atom. The summed E-state index contributed by atoms with van der Waals surface area (Å²) in [5, 5.41) is 6.28. The quantitative estimate of drug-likeness (QED) is 0.905. The minimum absolute atomic E-state index is 0.174. The van der Waals surface area contributed by atoms with Crippen LogP contribution < -0.4 is 10.6 Å². The molecule has 1 saturated carbocycles. The number of benzene rings is 1. The lowest BCUT2D eigenvalue weighted by atomic mass is 10.1. The molecule has 1 aliphatic rings. The van der Waals surface area contributed by atoms with Gasteiger partial charge in [-0.15, -0.1) is 0 Å². The molecule has 1 aromatic heterocycles. The molecule has 0 atom stereocenters. The maximum Gasteiger partial charge on any atom is 0.274 e. The molecule has 2 amide bonds. The molecule has 0 spiro atoms. The highest BCUT2D eigenvalue weighted by molar-refractivity contribution is 6.30. The van der Waals surface area contributed by atoms with Crippen molar-refractivity contribution in [2.45, 2.75) is 25.8 Å². The molecule has 6 heteroatoms. The van der Waals surface area contributed by atoms with E-state index in [0.717, 1.165) is 18.4 Å². The van der Waals surface area contributed by atoms with Crippen LogP contribution in [-0.4, -0.2) is 22.8 Å². The number of carbonyl (C=O) groups excluding carboxylic acids is 2. The van der Waals surface area contributed by atoms with Crippen molar-refractivity contribution in [3.63, 3.8) is 0 Å². The largest absolute Gasteiger partial charge is 0.349 e. The first-order valence-electron chi connectivity index (χ1n) is 7.37. The molecule has 0 unspecified atom stereocenters. The second-order valence-electron chi connectivity index (χ2n) is 5.59. The molecule has 1 aliphatic carbocycles. The van der Waals surface area contributed by atoms with Crippen LogP contribution in [0.15, 0.2) is 36.5 Å². The average molecular weight is 330 g/mol. The first-order chi connectivity index (χ1) is 11.0. The van der Waals surface area contributed by atoms with Gasteiger partial charge in [0.2, 0.25) is 0 Å². The number of aromatic nitrogens is 1. The Labute approximate surface area is 139 Å². The molecule has 0 aliphatic heterocycles. The van der Waals surface area contributed by atoms with Gasteiger partial charge in [-0.3, -0.25) is 14.6 Å². The Morgan fingerprint density at radius 1 is 1.17 bits per heavy atom. The summed E-state index contributed by atoms with van der Waals surface area (Å²) in [6.45, 7) is 1.86. The van der Waals surface area contributed by atoms with Crippen LogP contribution in [0.2, 0.25) is 5.02 Å². The molecule has 1 aromatic carbocycles. The van der Waals surface area contributed by atoms with Gasteiger partial charge in [0.1, 0.15) is 5.69 Å². The van der Waals surface area contributed by atoms with Crippen molar-refractivity contribution in [3.05, 3.63) is 58.4 Å². The molecule has 2 N–H and O–H groups in total. The summed E-state index contributed by atoms with van der Waals surface area (Å²) in [6, 6.07) is 8.57. The summed E-state index contributed by atoms with van der Waals surface area (Å²) in [5.41, 5.74) is 2.15. The Bertz CT molecular complexity index is 772. The number of anilines is 1. The molecule has 1 heterocycles. The number of nitrogens with zero attached hydrogens (tertiary/aromatic N) is 1. The molecular weight excluding hydrogens is 314 g/mol. The van der Waals surface area contributed by atoms with Crippen LogP contribution in [0.5, 0.6) is 0 Å². The topological polar surface area (TPSA) is 71.1 Å². The fourth-order valence-corrected chi connectivity index (χ4v) is 2.37. The second-order valence-corrected chi connectivity index (χ2v) is 6.03. The summed E-state index contributed by atoms with van der Waals surface area (Å²) in [5.74, 6) is -0.539. The van der Waals surface area contributed by atoms with Gasteiger partial charge in [0.25, 0.3) is 11.8 Å². The molecule has 0 radical (unpaired) electrons. The molecule has 1 fully saturated rings. The lowest BCUT2D eigenvalue weighted by Crippen LogP contribution is -2.26. The van der Waals surface area contributed by atoms with Crippen LogP contribution in [0.25, 0.3) is 0 Å². The van der Waals surface area contributed by atoms with Crippen LogP contribution >= 0.6 is 11.6 Å². The molecular formula is C17H16ClN3O2. The number of halogens is 1. The number of aryl methyl sites for hydroxylation is 1. The zero-order valence-corrected chi connectivity index (χ0v) is 13.4. The first-order valence-corrected chi connectivity index (χ1v) is 7.75. The second kappa shape index (κ2) is 6.38. The van der Waals surface area contributed by atoms with Gasteiger partial charge in [-0.05, 0) is 55.7 Å². The fraction of sp³-hybridized carbons (Fsp3) is 0.235. The summed E-state index contributed by atoms with van der Waals surface area (Å²) >= 11 is 5.90. The summed E-state index contributed by atoms with van der Waals surface area (Å²) in [4.78, 5) is 28.4. The van der Waals surface area contributed by atoms with Crippen LogP contribution in [0, 0.1) is 6.92 Å². The molecule has 23 heavy (non-hydrogen) atoms. The third-order valence-electron chi connectivity index (χ3n) is 3.60. The van der Waals surface area contributed by atoms with Crippen molar-refractivity contribution >= 4 is 29.1 Å². The number of nitrogens with one attached hydrogen (secondary N) is 2. The molecule has 0 saturated heterocycles. The van der Waals surface area contributed by atoms with Gasteiger partial charge in [0, 0.05) is 28.5 Å². The van der Waals surface area contributed by atoms with Gasteiger partial charge in [-0.1, -0.05) is 11.6 Å². The van der Waals surface area contributed by atoms with E-state index in [9.17, 15) is 9.59 Å². The number of carbonyl (C=O) groups is 2. The fourth-order valence-electron chi connectivity index (χ4n) is 2.15. The minimum atomic E-state index is -0.364. The monoisotopic (exact) mass is 329 g/mol. The highest BCUT2D eigenvalue weighted by atomic mass is 35.5. The van der Waals surface area contributed by atoms with Crippen molar-refractivity contribution in [3.8, 4) is 0 Å². The highest BCUT2D eigenvalue weighted by Gasteiger charge is 2.24. The smallest absolute Gasteiger partial charge is 0.274 e. The summed E-state index contributed by atoms with van der Waals surface area (Å²) in [7, 11) is 0. The third-order valence-corrected chi connectivity index (χ3v) is 3.84. The zero-order chi connectivity index (χ0) is 16.4. The Hall–Kier alpha value is -2.40. The molecule has 118 valence electrons. The van der Waals surface area contributed by atoms with Crippen molar-refractivity contribution in [1.29, 1.82) is 0 Å². The van der Waals surface area contributed by atoms with Crippen molar-refractivity contribution < 1.29 is 9.59 Å². The zero-order valence-electron chi connectivity index (χ0n) is 12.6. The Morgan fingerprint density at radius 3 is 2.65 bits per heavy atom. The number of rotatable bonds is 4. The van der Waals surface area contributed by atoms with Gasteiger partial charge in [-0.2, -0.15) is 0 Å². The van der Waals surface area contributed by atoms with E-state index in [1.54, 1.807) is 24.3 Å². The number of hydrogen-bond acceptors (Lipinski definition) is 3. The van der Waals surface area contributed by atoms with Gasteiger partial charge in [0.15, 0.2) is 0 Å². The van der Waals surface area contributed by atoms with Crippen molar-refractivity contribution in [2.24, 2.45) is 0 Å². The first kappa shape index (κ1) is 15.5. The van der Waals surface area contributed by atoms with E-state index in [2.05, 4.69) is 15.6 Å². The van der Waals surface area contributed by atoms with Crippen LogP contribution in [0.4, 0.5) is 5.69 Å². The van der Waals surface area contributed by atoms with E-state index < -0.39 is 0 Å². The van der Waals surface area contributed by atoms with Gasteiger partial charge in [0.05, 0.1) is 0 Å². The molecule has 2 aromatic rings. The van der Waals surface area contributed by atoms with Gasteiger partial charge in [-0.25, -0.2) is 0 Å². The predicted molar refractivity (Wildman–Crippen MR) is 88.9 cm³/mol. The van der Waals surface area contributed by atoms with Crippen molar-refractivity contribution in [2.75, 3.05) is 5.32 Å². The van der Waals surface area contributed by atoms with E-state index >= 15 is 0 Å². The lowest BCUT2D eigenvalue weighted by Gasteiger charge is -2.09. The maximum absolute atomic E-state index is 12.3. The standard InChI is InChI=1S/C17H16ClN3O2/c1-10-8-12(18)2-5-14(10)21-17(23)15-9-11(6-7-19-15)16(22)20-13-3-4-13/h2,5-9,13H,3-4H2,1H3,(H,20,22)(H,21,23). The predicted octanol–water partition coefficient (Wildman–Crippen LogP) is 3.19. The van der Waals surface area contributed by atoms with Crippen molar-refractivity contribution in [1.82, 2.24) is 10.3 Å². The summed E-state index contributed by atoms with van der Waals surface area (Å²) in [6.07, 6.45) is 3.49. The normalized spacial score (nSPS) is 13.5. The van der Waals surface area contributed by atoms with E-state index in [-0.39, 0.29) is 23.6 Å². The third kappa shape index (κ3) is 3.87. The SMILES string of the molecule is Cc1cc(Cl)ccc1NC(=O)c1cc(C(=O)NC2CC2)ccn1. The van der Waals surface area contributed by atoms with Crippen LogP contribution in [-0.2, 0) is 0 Å². The number of amides is 2. The van der Waals surface area contributed by atoms with Crippen LogP contribution in [0.3, 0.4) is 0 Å². The summed E-state index contributed by atoms with van der Waals surface area (Å²) < 4.78 is 0. The van der Waals surface area contributed by atoms with E-state index in [1.165, 1.54) is 12.3 Å². The lowest BCUT2D eigenvalue weighted by molar-refractivity contribution is 0.0951. The number of pyridine rings is 1. The van der Waals surface area contributed by atoms with E-state index in [1.807, 2.05) is 6.92 Å². The van der Waals surface area contributed by atoms with E-state index in [0.29, 0.717) is 16.3 Å². The Balaban J connectivity index is 1.75. The van der Waals surface area contributed by atoms with E-state index in [4.69, 9.17) is 11.6 Å². The van der Waals surface area contributed by atoms with Gasteiger partial charge < -0.3 is 10.6 Å². The highest BCUT2D eigenvalue weighted by Crippen LogP contribution is 2.21. The maximum atomic E-state index is 12.3. The van der Waals surface area contributed by atoms with Gasteiger partial charge >= 0.3 is 0 Å². The van der Waals surface area contributed by atoms with Crippen LogP contribution in [0.1, 0.15) is 39.3 Å². The molecule has 5 nitrogen and oxygen atoms in total. The molecule has 3 rings (SSSR count). The number of hydrogen-bond donors (Lipinski definition) is 2. The Kier molecular flexibility index (Phi) is 4.30. The molecule has 0 bridgehead atoms. The average Bonchev–Trinajstić information content (AvgIpc) is 3.34. The minimum Gasteiger partial charge on any atom is -0.349 e.